The fourth-order valence-corrected chi connectivity index (χ4v) is 4.51. The second kappa shape index (κ2) is 10.5. The van der Waals surface area contributed by atoms with Gasteiger partial charge < -0.3 is 10.1 Å². The van der Waals surface area contributed by atoms with E-state index in [4.69, 9.17) is 26.3 Å². The highest BCUT2D eigenvalue weighted by Gasteiger charge is 2.18. The van der Waals surface area contributed by atoms with Crippen molar-refractivity contribution < 1.29 is 9.53 Å². The fraction of sp³-hybridized carbons (Fsp3) is 0.222. The molecule has 0 aromatic heterocycles. The summed E-state index contributed by atoms with van der Waals surface area (Å²) in [4.78, 5) is 22.6. The third kappa shape index (κ3) is 5.69. The van der Waals surface area contributed by atoms with Crippen molar-refractivity contribution in [2.24, 2.45) is 9.98 Å². The summed E-state index contributed by atoms with van der Waals surface area (Å²) in [5, 5.41) is 4.47. The van der Waals surface area contributed by atoms with Gasteiger partial charge in [0.1, 0.15) is 5.75 Å². The predicted octanol–water partition coefficient (Wildman–Crippen LogP) is 7.20. The standard InChI is InChI=1S/C27H26ClN3O2S/c1-16-5-10-25(33-4)24(11-16)30-26(32)15-34-27-14-21(19-6-8-20(28)9-7-19)29-22-12-17(2)18(3)13-23(22)31-27/h5-13H,14-15H2,1-4H3,(H,30,32). The molecule has 1 aliphatic heterocycles. The Labute approximate surface area is 209 Å². The molecule has 0 saturated heterocycles. The van der Waals surface area contributed by atoms with E-state index in [1.165, 1.54) is 11.8 Å². The van der Waals surface area contributed by atoms with Crippen molar-refractivity contribution in [3.63, 3.8) is 0 Å². The van der Waals surface area contributed by atoms with E-state index in [-0.39, 0.29) is 11.7 Å². The molecule has 1 aliphatic rings. The average Bonchev–Trinajstić information content (AvgIpc) is 2.98. The lowest BCUT2D eigenvalue weighted by Crippen LogP contribution is -2.17. The summed E-state index contributed by atoms with van der Waals surface area (Å²) in [6, 6.07) is 17.5. The van der Waals surface area contributed by atoms with E-state index >= 15 is 0 Å². The first-order chi connectivity index (χ1) is 16.3. The van der Waals surface area contributed by atoms with E-state index in [0.29, 0.717) is 22.9 Å². The summed E-state index contributed by atoms with van der Waals surface area (Å²) < 4.78 is 5.37. The van der Waals surface area contributed by atoms with Crippen LogP contribution in [0.3, 0.4) is 0 Å². The third-order valence-electron chi connectivity index (χ3n) is 5.59. The Hall–Kier alpha value is -3.09. The maximum absolute atomic E-state index is 12.8. The van der Waals surface area contributed by atoms with Crippen molar-refractivity contribution in [3.8, 4) is 5.75 Å². The lowest BCUT2D eigenvalue weighted by atomic mass is 10.1. The van der Waals surface area contributed by atoms with Gasteiger partial charge in [-0.05, 0) is 79.4 Å². The third-order valence-corrected chi connectivity index (χ3v) is 6.81. The second-order valence-electron chi connectivity index (χ2n) is 8.21. The van der Waals surface area contributed by atoms with Crippen molar-refractivity contribution in [2.75, 3.05) is 18.2 Å². The Bertz CT molecular complexity index is 1300. The van der Waals surface area contributed by atoms with Crippen LogP contribution in [0, 0.1) is 20.8 Å². The quantitative estimate of drug-likeness (QED) is 0.410. The number of hydrogen-bond acceptors (Lipinski definition) is 5. The van der Waals surface area contributed by atoms with Crippen LogP contribution in [0.15, 0.2) is 64.6 Å². The largest absolute Gasteiger partial charge is 0.495 e. The molecular formula is C27H26ClN3O2S. The van der Waals surface area contributed by atoms with Crippen molar-refractivity contribution in [1.29, 1.82) is 0 Å². The van der Waals surface area contributed by atoms with Crippen molar-refractivity contribution in [1.82, 2.24) is 0 Å². The second-order valence-corrected chi connectivity index (χ2v) is 9.70. The SMILES string of the molecule is COc1ccc(C)cc1NC(=O)CSC1=Nc2cc(C)c(C)cc2N=C(c2ccc(Cl)cc2)C1. The zero-order chi connectivity index (χ0) is 24.2. The summed E-state index contributed by atoms with van der Waals surface area (Å²) in [6.45, 7) is 6.11. The predicted molar refractivity (Wildman–Crippen MR) is 144 cm³/mol. The number of nitrogens with zero attached hydrogens (tertiary/aromatic N) is 2. The molecule has 0 spiro atoms. The van der Waals surface area contributed by atoms with Crippen LogP contribution >= 0.6 is 23.4 Å². The molecule has 1 amide bonds. The molecular weight excluding hydrogens is 466 g/mol. The monoisotopic (exact) mass is 491 g/mol. The van der Waals surface area contributed by atoms with Gasteiger partial charge in [-0.15, -0.1) is 11.8 Å². The van der Waals surface area contributed by atoms with Gasteiger partial charge in [-0.25, -0.2) is 4.99 Å². The lowest BCUT2D eigenvalue weighted by Gasteiger charge is -2.11. The molecule has 3 aromatic rings. The van der Waals surface area contributed by atoms with E-state index in [0.717, 1.165) is 44.4 Å². The molecule has 0 saturated carbocycles. The molecule has 7 heteroatoms. The molecule has 0 bridgehead atoms. The number of aryl methyl sites for hydroxylation is 3. The van der Waals surface area contributed by atoms with Gasteiger partial charge in [-0.1, -0.05) is 29.8 Å². The number of anilines is 1. The van der Waals surface area contributed by atoms with Gasteiger partial charge in [-0.2, -0.15) is 0 Å². The zero-order valence-electron chi connectivity index (χ0n) is 19.6. The first-order valence-electron chi connectivity index (χ1n) is 10.9. The van der Waals surface area contributed by atoms with Gasteiger partial charge in [0.2, 0.25) is 5.91 Å². The number of thioether (sulfide) groups is 1. The first kappa shape index (κ1) is 24.0. The number of nitrogens with one attached hydrogen (secondary N) is 1. The van der Waals surface area contributed by atoms with E-state index in [2.05, 4.69) is 31.3 Å². The maximum Gasteiger partial charge on any atom is 0.234 e. The number of ether oxygens (including phenoxy) is 1. The lowest BCUT2D eigenvalue weighted by molar-refractivity contribution is -0.113. The number of carbonyl (C=O) groups excluding carboxylic acids is 1. The molecule has 34 heavy (non-hydrogen) atoms. The number of hydrogen-bond donors (Lipinski definition) is 1. The Kier molecular flexibility index (Phi) is 7.39. The molecule has 0 unspecified atom stereocenters. The highest BCUT2D eigenvalue weighted by atomic mass is 35.5. The van der Waals surface area contributed by atoms with E-state index in [9.17, 15) is 4.79 Å². The minimum atomic E-state index is -0.119. The number of methoxy groups -OCH3 is 1. The van der Waals surface area contributed by atoms with Crippen LogP contribution in [0.25, 0.3) is 0 Å². The zero-order valence-corrected chi connectivity index (χ0v) is 21.2. The van der Waals surface area contributed by atoms with Crippen molar-refractivity contribution in [3.05, 3.63) is 81.9 Å². The summed E-state index contributed by atoms with van der Waals surface area (Å²) in [5.74, 6) is 0.739. The number of carbonyl (C=O) groups is 1. The van der Waals surface area contributed by atoms with Crippen molar-refractivity contribution in [2.45, 2.75) is 27.2 Å². The number of aliphatic imine (C=N–C) groups is 2. The Balaban J connectivity index is 1.58. The van der Waals surface area contributed by atoms with E-state index in [1.54, 1.807) is 7.11 Å². The van der Waals surface area contributed by atoms with Crippen LogP contribution in [-0.2, 0) is 4.79 Å². The van der Waals surface area contributed by atoms with Crippen LogP contribution in [0.1, 0.15) is 28.7 Å². The Morgan fingerprint density at radius 1 is 1.00 bits per heavy atom. The Morgan fingerprint density at radius 3 is 2.35 bits per heavy atom. The molecule has 5 nitrogen and oxygen atoms in total. The topological polar surface area (TPSA) is 63.0 Å². The molecule has 0 radical (unpaired) electrons. The van der Waals surface area contributed by atoms with Gasteiger partial charge in [0.15, 0.2) is 0 Å². The minimum absolute atomic E-state index is 0.119. The number of benzene rings is 3. The van der Waals surface area contributed by atoms with Gasteiger partial charge in [0.25, 0.3) is 0 Å². The molecule has 0 atom stereocenters. The Morgan fingerprint density at radius 2 is 1.68 bits per heavy atom. The van der Waals surface area contributed by atoms with Crippen LogP contribution < -0.4 is 10.1 Å². The molecule has 0 fully saturated rings. The van der Waals surface area contributed by atoms with E-state index in [1.807, 2.05) is 49.4 Å². The molecule has 4 rings (SSSR count). The number of fused-ring (bicyclic) bond motifs is 1. The van der Waals surface area contributed by atoms with Crippen molar-refractivity contribution >= 4 is 57.1 Å². The molecule has 174 valence electrons. The summed E-state index contributed by atoms with van der Waals surface area (Å²) in [5.41, 5.74) is 7.55. The number of rotatable bonds is 5. The van der Waals surface area contributed by atoms with Gasteiger partial charge >= 0.3 is 0 Å². The normalized spacial score (nSPS) is 12.9. The minimum Gasteiger partial charge on any atom is -0.495 e. The van der Waals surface area contributed by atoms with E-state index < -0.39 is 0 Å². The van der Waals surface area contributed by atoms with Gasteiger partial charge in [0.05, 0.1) is 40.7 Å². The summed E-state index contributed by atoms with van der Waals surface area (Å²) >= 11 is 7.51. The summed E-state index contributed by atoms with van der Waals surface area (Å²) in [6.07, 6.45) is 0.528. The number of halogens is 1. The molecule has 0 aliphatic carbocycles. The van der Waals surface area contributed by atoms with Crippen LogP contribution in [0.5, 0.6) is 5.75 Å². The number of amides is 1. The molecule has 1 N–H and O–H groups in total. The van der Waals surface area contributed by atoms with Gasteiger partial charge in [-0.3, -0.25) is 9.79 Å². The maximum atomic E-state index is 12.8. The summed E-state index contributed by atoms with van der Waals surface area (Å²) in [7, 11) is 1.59. The average molecular weight is 492 g/mol. The highest BCUT2D eigenvalue weighted by Crippen LogP contribution is 2.36. The molecule has 3 aromatic carbocycles. The smallest absolute Gasteiger partial charge is 0.234 e. The first-order valence-corrected chi connectivity index (χ1v) is 12.3. The highest BCUT2D eigenvalue weighted by molar-refractivity contribution is 8.14. The van der Waals surface area contributed by atoms with Gasteiger partial charge in [0, 0.05) is 11.4 Å². The van der Waals surface area contributed by atoms with Crippen LogP contribution in [0.2, 0.25) is 5.02 Å². The fourth-order valence-electron chi connectivity index (χ4n) is 3.61. The van der Waals surface area contributed by atoms with Crippen LogP contribution in [-0.4, -0.2) is 29.5 Å². The van der Waals surface area contributed by atoms with Crippen LogP contribution in [0.4, 0.5) is 17.1 Å². The molecule has 1 heterocycles.